The fourth-order valence-corrected chi connectivity index (χ4v) is 5.14. The first-order valence-electron chi connectivity index (χ1n) is 9.53. The summed E-state index contributed by atoms with van der Waals surface area (Å²) < 4.78 is 43.1. The Morgan fingerprint density at radius 1 is 1.25 bits per heavy atom. The minimum atomic E-state index is -4.90. The van der Waals surface area contributed by atoms with E-state index in [-0.39, 0.29) is 22.2 Å². The van der Waals surface area contributed by atoms with Crippen LogP contribution in [0, 0.1) is 0 Å². The zero-order valence-corrected chi connectivity index (χ0v) is 18.4. The maximum absolute atomic E-state index is 13.0. The number of hydrogen-bond acceptors (Lipinski definition) is 10. The first-order valence-corrected chi connectivity index (χ1v) is 11.2. The molecule has 1 amide bonds. The Labute approximate surface area is 188 Å². The molecule has 3 N–H and O–H groups in total. The van der Waals surface area contributed by atoms with Crippen molar-refractivity contribution >= 4 is 44.5 Å². The molecule has 170 valence electrons. The molecule has 0 bridgehead atoms. The van der Waals surface area contributed by atoms with Crippen LogP contribution in [0.15, 0.2) is 18.2 Å². The van der Waals surface area contributed by atoms with Gasteiger partial charge in [0.25, 0.3) is 0 Å². The first-order chi connectivity index (χ1) is 15.2. The van der Waals surface area contributed by atoms with Crippen LogP contribution in [-0.2, 0) is 4.79 Å². The molecule has 2 aromatic heterocycles. The fraction of sp³-hybridized carbons (Fsp3) is 0.389. The molecule has 9 nitrogen and oxygen atoms in total. The summed E-state index contributed by atoms with van der Waals surface area (Å²) >= 11 is 2.47. The van der Waals surface area contributed by atoms with Gasteiger partial charge in [0.15, 0.2) is 5.01 Å². The number of hydrogen-bond donors (Lipinski definition) is 2. The third kappa shape index (κ3) is 5.07. The molecule has 3 heterocycles. The van der Waals surface area contributed by atoms with Gasteiger partial charge in [-0.05, 0) is 25.0 Å². The lowest BCUT2D eigenvalue weighted by Gasteiger charge is -2.30. The van der Waals surface area contributed by atoms with E-state index in [0.717, 1.165) is 35.7 Å². The summed E-state index contributed by atoms with van der Waals surface area (Å²) in [6.07, 6.45) is -3.10. The monoisotopic (exact) mass is 485 g/mol. The molecule has 3 aromatic rings. The summed E-state index contributed by atoms with van der Waals surface area (Å²) in [4.78, 5) is 13.6. The first kappa shape index (κ1) is 22.2. The minimum Gasteiger partial charge on any atom is -0.405 e. The van der Waals surface area contributed by atoms with Crippen LogP contribution >= 0.6 is 22.7 Å². The topological polar surface area (TPSA) is 119 Å². The zero-order chi connectivity index (χ0) is 22.9. The Bertz CT molecular complexity index is 1120. The summed E-state index contributed by atoms with van der Waals surface area (Å²) in [5.74, 6) is -0.774. The molecular formula is C18H18F3N7O2S2. The molecule has 4 rings (SSSR count). The van der Waals surface area contributed by atoms with E-state index in [9.17, 15) is 18.0 Å². The molecule has 1 fully saturated rings. The Balaban J connectivity index is 1.64. The van der Waals surface area contributed by atoms with Gasteiger partial charge < -0.3 is 20.7 Å². The van der Waals surface area contributed by atoms with Crippen LogP contribution in [0.5, 0.6) is 5.75 Å². The van der Waals surface area contributed by atoms with Crippen molar-refractivity contribution < 1.29 is 22.7 Å². The molecule has 1 saturated heterocycles. The highest BCUT2D eigenvalue weighted by atomic mass is 32.1. The van der Waals surface area contributed by atoms with Gasteiger partial charge in [-0.2, -0.15) is 0 Å². The van der Waals surface area contributed by atoms with E-state index in [1.807, 2.05) is 4.90 Å². The number of carbonyl (C=O) groups is 1. The van der Waals surface area contributed by atoms with Crippen molar-refractivity contribution in [3.63, 3.8) is 0 Å². The average molecular weight is 486 g/mol. The molecule has 1 aliphatic rings. The molecule has 0 saturated carbocycles. The summed E-state index contributed by atoms with van der Waals surface area (Å²) in [6, 6.07) is 4.02. The van der Waals surface area contributed by atoms with Crippen molar-refractivity contribution in [1.82, 2.24) is 20.4 Å². The van der Waals surface area contributed by atoms with E-state index in [1.54, 1.807) is 0 Å². The lowest BCUT2D eigenvalue weighted by Crippen LogP contribution is -2.34. The van der Waals surface area contributed by atoms with Crippen LogP contribution in [0.4, 0.5) is 29.1 Å². The summed E-state index contributed by atoms with van der Waals surface area (Å²) in [5.41, 5.74) is 5.87. The van der Waals surface area contributed by atoms with E-state index in [1.165, 1.54) is 36.5 Å². The normalized spacial score (nSPS) is 16.8. The van der Waals surface area contributed by atoms with E-state index in [2.05, 4.69) is 30.4 Å². The van der Waals surface area contributed by atoms with Crippen molar-refractivity contribution in [2.24, 2.45) is 0 Å². The van der Waals surface area contributed by atoms with Crippen LogP contribution in [0.3, 0.4) is 0 Å². The highest BCUT2D eigenvalue weighted by molar-refractivity contribution is 7.18. The number of nitrogen functional groups attached to an aromatic ring is 1. The van der Waals surface area contributed by atoms with Gasteiger partial charge in [0.2, 0.25) is 16.2 Å². The minimum absolute atomic E-state index is 0.0224. The summed E-state index contributed by atoms with van der Waals surface area (Å²) in [6.45, 7) is 2.60. The highest BCUT2D eigenvalue weighted by Crippen LogP contribution is 2.43. The van der Waals surface area contributed by atoms with Crippen LogP contribution in [-0.4, -0.2) is 45.8 Å². The number of alkyl halides is 3. The lowest BCUT2D eigenvalue weighted by molar-refractivity contribution is -0.274. The Morgan fingerprint density at radius 3 is 2.75 bits per heavy atom. The van der Waals surface area contributed by atoms with E-state index >= 15 is 0 Å². The number of halogens is 3. The number of amides is 1. The van der Waals surface area contributed by atoms with Crippen molar-refractivity contribution in [3.8, 4) is 16.3 Å². The average Bonchev–Trinajstić information content (AvgIpc) is 3.36. The number of ether oxygens (including phenoxy) is 1. The van der Waals surface area contributed by atoms with Gasteiger partial charge in [-0.15, -0.1) is 33.6 Å². The van der Waals surface area contributed by atoms with Crippen LogP contribution in [0.25, 0.3) is 10.6 Å². The van der Waals surface area contributed by atoms with Crippen molar-refractivity contribution in [1.29, 1.82) is 0 Å². The molecule has 1 aromatic carbocycles. The predicted octanol–water partition coefficient (Wildman–Crippen LogP) is 3.88. The third-order valence-corrected chi connectivity index (χ3v) is 6.60. The molecule has 1 unspecified atom stereocenters. The number of carbonyl (C=O) groups excluding carboxylic acids is 1. The highest BCUT2D eigenvalue weighted by Gasteiger charge is 2.34. The van der Waals surface area contributed by atoms with Gasteiger partial charge >= 0.3 is 6.36 Å². The number of nitrogens with two attached hydrogens (primary N) is 1. The standard InChI is InChI=1S/C18H18F3N7O2S2/c1-9(29)23-11-5-2-6-12(30-18(19,20)21)13(11)15-25-27-17(32-15)28-7-3-4-10(8-28)14-24-26-16(22)31-14/h2,5-6,10H,3-4,7-8H2,1H3,(H2,22,26)(H,23,29). The molecule has 1 atom stereocenters. The maximum Gasteiger partial charge on any atom is 0.573 e. The van der Waals surface area contributed by atoms with Crippen molar-refractivity contribution in [2.75, 3.05) is 29.0 Å². The van der Waals surface area contributed by atoms with Gasteiger partial charge in [0, 0.05) is 25.9 Å². The molecular weight excluding hydrogens is 467 g/mol. The molecule has 0 spiro atoms. The predicted molar refractivity (Wildman–Crippen MR) is 115 cm³/mol. The van der Waals surface area contributed by atoms with Gasteiger partial charge in [-0.25, -0.2) is 0 Å². The summed E-state index contributed by atoms with van der Waals surface area (Å²) in [7, 11) is 0. The van der Waals surface area contributed by atoms with E-state index in [4.69, 9.17) is 5.73 Å². The Kier molecular flexibility index (Phi) is 6.15. The number of aromatic nitrogens is 4. The van der Waals surface area contributed by atoms with Crippen LogP contribution in [0.1, 0.15) is 30.7 Å². The summed E-state index contributed by atoms with van der Waals surface area (Å²) in [5, 5.41) is 20.8. The fourth-order valence-electron chi connectivity index (χ4n) is 3.46. The molecule has 14 heteroatoms. The van der Waals surface area contributed by atoms with Gasteiger partial charge in [0.1, 0.15) is 10.8 Å². The van der Waals surface area contributed by atoms with Gasteiger partial charge in [-0.1, -0.05) is 28.7 Å². The number of benzene rings is 1. The number of nitrogens with zero attached hydrogens (tertiary/aromatic N) is 5. The number of piperidine rings is 1. The SMILES string of the molecule is CC(=O)Nc1cccc(OC(F)(F)F)c1-c1nnc(N2CCCC(c3nnc(N)s3)C2)s1. The molecule has 0 radical (unpaired) electrons. The second kappa shape index (κ2) is 8.86. The van der Waals surface area contributed by atoms with Gasteiger partial charge in [-0.3, -0.25) is 4.79 Å². The number of nitrogens with one attached hydrogen (secondary N) is 1. The van der Waals surface area contributed by atoms with Crippen LogP contribution < -0.4 is 20.7 Å². The maximum atomic E-state index is 13.0. The smallest absolute Gasteiger partial charge is 0.405 e. The third-order valence-electron chi connectivity index (χ3n) is 4.69. The molecule has 32 heavy (non-hydrogen) atoms. The lowest BCUT2D eigenvalue weighted by atomic mass is 9.99. The largest absolute Gasteiger partial charge is 0.573 e. The Hall–Kier alpha value is -3.00. The Morgan fingerprint density at radius 2 is 2.06 bits per heavy atom. The number of rotatable bonds is 5. The quantitative estimate of drug-likeness (QED) is 0.559. The van der Waals surface area contributed by atoms with E-state index in [0.29, 0.717) is 16.8 Å². The van der Waals surface area contributed by atoms with Crippen molar-refractivity contribution in [2.45, 2.75) is 32.0 Å². The van der Waals surface area contributed by atoms with Gasteiger partial charge in [0.05, 0.1) is 11.3 Å². The number of anilines is 3. The molecule has 1 aliphatic heterocycles. The van der Waals surface area contributed by atoms with Crippen molar-refractivity contribution in [3.05, 3.63) is 23.2 Å². The van der Waals surface area contributed by atoms with Crippen LogP contribution in [0.2, 0.25) is 0 Å². The zero-order valence-electron chi connectivity index (χ0n) is 16.7. The van der Waals surface area contributed by atoms with E-state index < -0.39 is 18.0 Å². The second-order valence-electron chi connectivity index (χ2n) is 7.06. The molecule has 0 aliphatic carbocycles. The second-order valence-corrected chi connectivity index (χ2v) is 9.06.